The highest BCUT2D eigenvalue weighted by molar-refractivity contribution is 5.69. The van der Waals surface area contributed by atoms with Crippen molar-refractivity contribution < 1.29 is 9.53 Å². The van der Waals surface area contributed by atoms with Crippen LogP contribution in [0.25, 0.3) is 0 Å². The van der Waals surface area contributed by atoms with Crippen molar-refractivity contribution in [2.45, 2.75) is 44.6 Å². The summed E-state index contributed by atoms with van der Waals surface area (Å²) in [5.41, 5.74) is 2.56. The molecule has 1 aliphatic heterocycles. The van der Waals surface area contributed by atoms with Gasteiger partial charge < -0.3 is 10.1 Å². The van der Waals surface area contributed by atoms with Crippen LogP contribution in [0.2, 0.25) is 0 Å². The highest BCUT2D eigenvalue weighted by atomic mass is 16.5. The second kappa shape index (κ2) is 6.40. The molecule has 2 unspecified atom stereocenters. The third-order valence-electron chi connectivity index (χ3n) is 4.51. The Morgan fingerprint density at radius 2 is 2.20 bits per heavy atom. The third-order valence-corrected chi connectivity index (χ3v) is 4.51. The summed E-state index contributed by atoms with van der Waals surface area (Å²) >= 11 is 0. The van der Waals surface area contributed by atoms with Crippen LogP contribution in [-0.2, 0) is 16.0 Å². The Bertz CT molecular complexity index is 466. The average molecular weight is 273 g/mol. The zero-order valence-corrected chi connectivity index (χ0v) is 11.9. The molecular formula is C17H23NO2. The van der Waals surface area contributed by atoms with Gasteiger partial charge in [0.15, 0.2) is 0 Å². The Morgan fingerprint density at radius 1 is 1.30 bits per heavy atom. The Balaban J connectivity index is 1.54. The van der Waals surface area contributed by atoms with E-state index in [-0.39, 0.29) is 12.1 Å². The van der Waals surface area contributed by atoms with Gasteiger partial charge in [-0.25, -0.2) is 0 Å². The number of carbonyl (C=O) groups excluding carboxylic acids is 1. The van der Waals surface area contributed by atoms with Gasteiger partial charge in [-0.05, 0) is 62.2 Å². The lowest BCUT2D eigenvalue weighted by atomic mass is 9.89. The minimum Gasteiger partial charge on any atom is -0.457 e. The number of aryl methyl sites for hydroxylation is 1. The predicted octanol–water partition coefficient (Wildman–Crippen LogP) is 3.00. The SMILES string of the molecule is O=C(CCC1CCNC1)OC1CCCc2ccccc21. The van der Waals surface area contributed by atoms with E-state index in [4.69, 9.17) is 4.74 Å². The van der Waals surface area contributed by atoms with Crippen LogP contribution >= 0.6 is 0 Å². The summed E-state index contributed by atoms with van der Waals surface area (Å²) in [6.07, 6.45) is 5.88. The van der Waals surface area contributed by atoms with E-state index in [1.165, 1.54) is 17.5 Å². The Labute approximate surface area is 120 Å². The maximum absolute atomic E-state index is 12.0. The van der Waals surface area contributed by atoms with Crippen molar-refractivity contribution in [2.24, 2.45) is 5.92 Å². The van der Waals surface area contributed by atoms with Crippen molar-refractivity contribution >= 4 is 5.97 Å². The fraction of sp³-hybridized carbons (Fsp3) is 0.588. The zero-order chi connectivity index (χ0) is 13.8. The van der Waals surface area contributed by atoms with Crippen LogP contribution in [-0.4, -0.2) is 19.1 Å². The van der Waals surface area contributed by atoms with Gasteiger partial charge in [-0.15, -0.1) is 0 Å². The van der Waals surface area contributed by atoms with E-state index in [9.17, 15) is 4.79 Å². The fourth-order valence-electron chi connectivity index (χ4n) is 3.33. The lowest BCUT2D eigenvalue weighted by molar-refractivity contribution is -0.150. The van der Waals surface area contributed by atoms with E-state index in [0.717, 1.165) is 38.8 Å². The third kappa shape index (κ3) is 3.21. The molecule has 1 N–H and O–H groups in total. The van der Waals surface area contributed by atoms with Gasteiger partial charge in [-0.1, -0.05) is 24.3 Å². The first-order valence-corrected chi connectivity index (χ1v) is 7.81. The minimum absolute atomic E-state index is 0.0193. The summed E-state index contributed by atoms with van der Waals surface area (Å²) in [6, 6.07) is 8.36. The van der Waals surface area contributed by atoms with Crippen LogP contribution < -0.4 is 5.32 Å². The van der Waals surface area contributed by atoms with E-state index in [1.807, 2.05) is 6.07 Å². The first-order valence-electron chi connectivity index (χ1n) is 7.81. The van der Waals surface area contributed by atoms with Crippen LogP contribution in [0.4, 0.5) is 0 Å². The molecule has 0 spiro atoms. The van der Waals surface area contributed by atoms with E-state index < -0.39 is 0 Å². The number of fused-ring (bicyclic) bond motifs is 1. The number of hydrogen-bond donors (Lipinski definition) is 1. The molecule has 2 atom stereocenters. The summed E-state index contributed by atoms with van der Waals surface area (Å²) in [4.78, 5) is 12.0. The summed E-state index contributed by atoms with van der Waals surface area (Å²) in [6.45, 7) is 2.15. The molecule has 0 radical (unpaired) electrons. The Kier molecular flexibility index (Phi) is 4.36. The predicted molar refractivity (Wildman–Crippen MR) is 78.4 cm³/mol. The molecule has 0 aromatic heterocycles. The Hall–Kier alpha value is -1.35. The van der Waals surface area contributed by atoms with Gasteiger partial charge in [-0.2, -0.15) is 0 Å². The lowest BCUT2D eigenvalue weighted by Crippen LogP contribution is -2.17. The van der Waals surface area contributed by atoms with Crippen molar-refractivity contribution in [1.82, 2.24) is 5.32 Å². The number of benzene rings is 1. The molecular weight excluding hydrogens is 250 g/mol. The molecule has 1 saturated heterocycles. The van der Waals surface area contributed by atoms with Gasteiger partial charge in [0.05, 0.1) is 0 Å². The molecule has 1 heterocycles. The molecule has 0 bridgehead atoms. The van der Waals surface area contributed by atoms with Crippen molar-refractivity contribution in [3.63, 3.8) is 0 Å². The highest BCUT2D eigenvalue weighted by Gasteiger charge is 2.24. The maximum Gasteiger partial charge on any atom is 0.306 e. The molecule has 3 nitrogen and oxygen atoms in total. The van der Waals surface area contributed by atoms with Crippen LogP contribution in [0.15, 0.2) is 24.3 Å². The molecule has 0 saturated carbocycles. The molecule has 1 aromatic rings. The number of esters is 1. The molecule has 3 heteroatoms. The van der Waals surface area contributed by atoms with Gasteiger partial charge in [0, 0.05) is 6.42 Å². The fourth-order valence-corrected chi connectivity index (χ4v) is 3.33. The molecule has 3 rings (SSSR count). The van der Waals surface area contributed by atoms with Crippen molar-refractivity contribution in [2.75, 3.05) is 13.1 Å². The largest absolute Gasteiger partial charge is 0.457 e. The van der Waals surface area contributed by atoms with E-state index >= 15 is 0 Å². The molecule has 1 aliphatic carbocycles. The monoisotopic (exact) mass is 273 g/mol. The summed E-state index contributed by atoms with van der Waals surface area (Å²) in [5.74, 6) is 0.625. The van der Waals surface area contributed by atoms with Crippen molar-refractivity contribution in [3.05, 3.63) is 35.4 Å². The van der Waals surface area contributed by atoms with Crippen LogP contribution in [0, 0.1) is 5.92 Å². The summed E-state index contributed by atoms with van der Waals surface area (Å²) in [5, 5.41) is 3.34. The normalized spacial score (nSPS) is 25.2. The number of carbonyl (C=O) groups is 1. The number of ether oxygens (including phenoxy) is 1. The molecule has 20 heavy (non-hydrogen) atoms. The average Bonchev–Trinajstić information content (AvgIpc) is 2.99. The lowest BCUT2D eigenvalue weighted by Gasteiger charge is -2.25. The van der Waals surface area contributed by atoms with Gasteiger partial charge in [0.2, 0.25) is 0 Å². The topological polar surface area (TPSA) is 38.3 Å². The molecule has 0 amide bonds. The first kappa shape index (κ1) is 13.6. The quantitative estimate of drug-likeness (QED) is 0.857. The highest BCUT2D eigenvalue weighted by Crippen LogP contribution is 2.32. The summed E-state index contributed by atoms with van der Waals surface area (Å²) < 4.78 is 5.72. The van der Waals surface area contributed by atoms with Crippen molar-refractivity contribution in [1.29, 1.82) is 0 Å². The van der Waals surface area contributed by atoms with Crippen LogP contribution in [0.1, 0.15) is 49.3 Å². The smallest absolute Gasteiger partial charge is 0.306 e. The van der Waals surface area contributed by atoms with Crippen LogP contribution in [0.3, 0.4) is 0 Å². The molecule has 1 aromatic carbocycles. The number of rotatable bonds is 4. The Morgan fingerprint density at radius 3 is 3.05 bits per heavy atom. The summed E-state index contributed by atoms with van der Waals surface area (Å²) in [7, 11) is 0. The number of hydrogen-bond acceptors (Lipinski definition) is 3. The van der Waals surface area contributed by atoms with Crippen molar-refractivity contribution in [3.8, 4) is 0 Å². The van der Waals surface area contributed by atoms with Gasteiger partial charge in [-0.3, -0.25) is 4.79 Å². The minimum atomic E-state index is -0.0291. The zero-order valence-electron chi connectivity index (χ0n) is 11.9. The second-order valence-corrected chi connectivity index (χ2v) is 5.97. The first-order chi connectivity index (χ1) is 9.83. The van der Waals surface area contributed by atoms with Gasteiger partial charge in [0.25, 0.3) is 0 Å². The molecule has 2 aliphatic rings. The van der Waals surface area contributed by atoms with Gasteiger partial charge in [0.1, 0.15) is 6.10 Å². The van der Waals surface area contributed by atoms with Crippen LogP contribution in [0.5, 0.6) is 0 Å². The van der Waals surface area contributed by atoms with E-state index in [0.29, 0.717) is 12.3 Å². The molecule has 108 valence electrons. The maximum atomic E-state index is 12.0. The number of nitrogens with one attached hydrogen (secondary N) is 1. The molecule has 1 fully saturated rings. The van der Waals surface area contributed by atoms with E-state index in [1.54, 1.807) is 0 Å². The standard InChI is InChI=1S/C17H23NO2/c19-17(9-8-13-10-11-18-12-13)20-16-7-3-5-14-4-1-2-6-15(14)16/h1-2,4,6,13,16,18H,3,5,7-12H2. The van der Waals surface area contributed by atoms with Gasteiger partial charge >= 0.3 is 5.97 Å². The van der Waals surface area contributed by atoms with E-state index in [2.05, 4.69) is 23.5 Å². The second-order valence-electron chi connectivity index (χ2n) is 5.97.